The Balaban J connectivity index is 3.40. The van der Waals surface area contributed by atoms with Crippen molar-refractivity contribution in [3.63, 3.8) is 0 Å². The summed E-state index contributed by atoms with van der Waals surface area (Å²) in [6, 6.07) is 4.37. The Morgan fingerprint density at radius 2 is 1.24 bits per heavy atom. The van der Waals surface area contributed by atoms with Gasteiger partial charge in [-0.2, -0.15) is 0 Å². The minimum Gasteiger partial charge on any atom is -0.507 e. The topological polar surface area (TPSA) is 23.5 Å². The number of phenolic OH excluding ortho intramolecular Hbond substituents is 1. The van der Waals surface area contributed by atoms with E-state index in [1.165, 1.54) is 5.56 Å². The summed E-state index contributed by atoms with van der Waals surface area (Å²) in [5, 5.41) is 10.7. The molecule has 0 amide bonds. The summed E-state index contributed by atoms with van der Waals surface area (Å²) in [6.45, 7) is 20.4. The Labute approximate surface area is 131 Å². The molecule has 1 rings (SSSR count). The summed E-state index contributed by atoms with van der Waals surface area (Å²) in [5.41, 5.74) is 3.30. The average Bonchev–Trinajstić information content (AvgIpc) is 2.34. The molecule has 0 radical (unpaired) electrons. The fourth-order valence-corrected chi connectivity index (χ4v) is 2.63. The lowest BCUT2D eigenvalue weighted by Gasteiger charge is -2.29. The molecule has 1 aromatic rings. The molecule has 120 valence electrons. The zero-order chi connectivity index (χ0) is 16.4. The minimum absolute atomic E-state index is 0.0522. The summed E-state index contributed by atoms with van der Waals surface area (Å²) >= 11 is 0. The molecule has 0 bridgehead atoms. The Hall–Kier alpha value is -1.02. The van der Waals surface area contributed by atoms with Crippen LogP contribution in [0.4, 0.5) is 0 Å². The molecule has 1 N–H and O–H groups in total. The number of hydrogen-bond acceptors (Lipinski definition) is 2. The lowest BCUT2D eigenvalue weighted by atomic mass is 9.78. The van der Waals surface area contributed by atoms with E-state index < -0.39 is 0 Å². The molecule has 0 aliphatic rings. The number of hydrogen-bond donors (Lipinski definition) is 1. The van der Waals surface area contributed by atoms with Gasteiger partial charge in [0.1, 0.15) is 5.75 Å². The number of benzene rings is 1. The molecule has 0 saturated heterocycles. The third kappa shape index (κ3) is 4.47. The molecular weight excluding hydrogens is 258 g/mol. The van der Waals surface area contributed by atoms with Crippen molar-refractivity contribution in [3.8, 4) is 5.75 Å². The van der Waals surface area contributed by atoms with Crippen LogP contribution in [0.5, 0.6) is 5.75 Å². The van der Waals surface area contributed by atoms with Crippen molar-refractivity contribution in [2.45, 2.75) is 72.8 Å². The number of phenols is 1. The van der Waals surface area contributed by atoms with E-state index in [0.717, 1.165) is 30.8 Å². The van der Waals surface area contributed by atoms with Gasteiger partial charge in [-0.05, 0) is 40.6 Å². The Morgan fingerprint density at radius 3 is 1.52 bits per heavy atom. The van der Waals surface area contributed by atoms with E-state index >= 15 is 0 Å². The molecule has 2 nitrogen and oxygen atoms in total. The van der Waals surface area contributed by atoms with Gasteiger partial charge in [-0.25, -0.2) is 0 Å². The molecule has 0 aliphatic carbocycles. The fourth-order valence-electron chi connectivity index (χ4n) is 2.63. The van der Waals surface area contributed by atoms with E-state index in [1.807, 2.05) is 0 Å². The lowest BCUT2D eigenvalue weighted by molar-refractivity contribution is 0.295. The Morgan fingerprint density at radius 1 is 0.857 bits per heavy atom. The molecule has 0 aromatic heterocycles. The highest BCUT2D eigenvalue weighted by Crippen LogP contribution is 2.39. The molecule has 0 saturated carbocycles. The van der Waals surface area contributed by atoms with Crippen LogP contribution in [0.15, 0.2) is 12.1 Å². The van der Waals surface area contributed by atoms with Crippen molar-refractivity contribution in [2.24, 2.45) is 0 Å². The minimum atomic E-state index is -0.0522. The normalized spacial score (nSPS) is 13.0. The van der Waals surface area contributed by atoms with Gasteiger partial charge in [-0.15, -0.1) is 0 Å². The first kappa shape index (κ1) is 18.0. The van der Waals surface area contributed by atoms with Gasteiger partial charge in [0.05, 0.1) is 0 Å². The zero-order valence-electron chi connectivity index (χ0n) is 15.2. The largest absolute Gasteiger partial charge is 0.507 e. The second kappa shape index (κ2) is 6.39. The zero-order valence-corrected chi connectivity index (χ0v) is 15.2. The van der Waals surface area contributed by atoms with Gasteiger partial charge in [0.2, 0.25) is 0 Å². The second-order valence-electron chi connectivity index (χ2n) is 8.00. The van der Waals surface area contributed by atoms with Crippen LogP contribution in [0.25, 0.3) is 0 Å². The first-order chi connectivity index (χ1) is 9.50. The summed E-state index contributed by atoms with van der Waals surface area (Å²) in [5.74, 6) is 0.471. The van der Waals surface area contributed by atoms with E-state index in [0.29, 0.717) is 5.75 Å². The molecule has 21 heavy (non-hydrogen) atoms. The van der Waals surface area contributed by atoms with Crippen LogP contribution in [-0.4, -0.2) is 23.1 Å². The van der Waals surface area contributed by atoms with Gasteiger partial charge >= 0.3 is 0 Å². The SMILES string of the molecule is CCN(CC)Cc1cc(C(C)(C)C)c(O)c(C(C)(C)C)c1. The van der Waals surface area contributed by atoms with Gasteiger partial charge in [0.25, 0.3) is 0 Å². The fraction of sp³-hybridized carbons (Fsp3) is 0.684. The summed E-state index contributed by atoms with van der Waals surface area (Å²) in [4.78, 5) is 2.41. The van der Waals surface area contributed by atoms with Gasteiger partial charge in [-0.3, -0.25) is 4.90 Å². The van der Waals surface area contributed by atoms with Crippen LogP contribution in [0.3, 0.4) is 0 Å². The first-order valence-electron chi connectivity index (χ1n) is 8.09. The highest BCUT2D eigenvalue weighted by molar-refractivity contribution is 5.49. The van der Waals surface area contributed by atoms with Crippen molar-refractivity contribution < 1.29 is 5.11 Å². The number of rotatable bonds is 4. The molecule has 0 aliphatic heterocycles. The third-order valence-corrected chi connectivity index (χ3v) is 4.09. The molecule has 1 aromatic carbocycles. The van der Waals surface area contributed by atoms with E-state index in [1.54, 1.807) is 0 Å². The molecule has 0 atom stereocenters. The van der Waals surface area contributed by atoms with Crippen LogP contribution in [-0.2, 0) is 17.4 Å². The van der Waals surface area contributed by atoms with Crippen LogP contribution < -0.4 is 0 Å². The lowest BCUT2D eigenvalue weighted by Crippen LogP contribution is -2.24. The number of nitrogens with zero attached hydrogens (tertiary/aromatic N) is 1. The first-order valence-corrected chi connectivity index (χ1v) is 8.09. The van der Waals surface area contributed by atoms with E-state index in [-0.39, 0.29) is 10.8 Å². The van der Waals surface area contributed by atoms with Crippen LogP contribution in [0, 0.1) is 0 Å². The Bertz CT molecular complexity index is 438. The quantitative estimate of drug-likeness (QED) is 0.859. The molecule has 0 unspecified atom stereocenters. The second-order valence-corrected chi connectivity index (χ2v) is 8.00. The van der Waals surface area contributed by atoms with Gasteiger partial charge < -0.3 is 5.11 Å². The van der Waals surface area contributed by atoms with Crippen molar-refractivity contribution >= 4 is 0 Å². The molecular formula is C19H33NO. The standard InChI is InChI=1S/C19H33NO/c1-9-20(10-2)13-14-11-15(18(3,4)5)17(21)16(12-14)19(6,7)8/h11-12,21H,9-10,13H2,1-8H3. The van der Waals surface area contributed by atoms with E-state index in [9.17, 15) is 5.11 Å². The summed E-state index contributed by atoms with van der Waals surface area (Å²) < 4.78 is 0. The van der Waals surface area contributed by atoms with Crippen molar-refractivity contribution in [1.29, 1.82) is 0 Å². The monoisotopic (exact) mass is 291 g/mol. The molecule has 0 spiro atoms. The molecule has 0 fully saturated rings. The third-order valence-electron chi connectivity index (χ3n) is 4.09. The Kier molecular flexibility index (Phi) is 5.49. The van der Waals surface area contributed by atoms with Crippen molar-refractivity contribution in [1.82, 2.24) is 4.90 Å². The maximum atomic E-state index is 10.7. The summed E-state index contributed by atoms with van der Waals surface area (Å²) in [6.07, 6.45) is 0. The van der Waals surface area contributed by atoms with Gasteiger partial charge in [0.15, 0.2) is 0 Å². The maximum absolute atomic E-state index is 10.7. The highest BCUT2D eigenvalue weighted by Gasteiger charge is 2.26. The highest BCUT2D eigenvalue weighted by atomic mass is 16.3. The average molecular weight is 291 g/mol. The predicted molar refractivity (Wildman–Crippen MR) is 92.1 cm³/mol. The van der Waals surface area contributed by atoms with E-state index in [2.05, 4.69) is 72.4 Å². The maximum Gasteiger partial charge on any atom is 0.123 e. The van der Waals surface area contributed by atoms with Gasteiger partial charge in [-0.1, -0.05) is 67.5 Å². The van der Waals surface area contributed by atoms with E-state index in [4.69, 9.17) is 0 Å². The van der Waals surface area contributed by atoms with Gasteiger partial charge in [0, 0.05) is 6.54 Å². The molecule has 0 heterocycles. The smallest absolute Gasteiger partial charge is 0.123 e. The van der Waals surface area contributed by atoms with Crippen LogP contribution in [0.2, 0.25) is 0 Å². The molecule has 2 heteroatoms. The van der Waals surface area contributed by atoms with Crippen LogP contribution in [0.1, 0.15) is 72.1 Å². The predicted octanol–water partition coefficient (Wildman–Crippen LogP) is 4.83. The van der Waals surface area contributed by atoms with Crippen LogP contribution >= 0.6 is 0 Å². The number of aromatic hydroxyl groups is 1. The van der Waals surface area contributed by atoms with Crippen molar-refractivity contribution in [3.05, 3.63) is 28.8 Å². The van der Waals surface area contributed by atoms with Crippen molar-refractivity contribution in [2.75, 3.05) is 13.1 Å². The summed E-state index contributed by atoms with van der Waals surface area (Å²) in [7, 11) is 0.